The van der Waals surface area contributed by atoms with Crippen molar-refractivity contribution in [3.63, 3.8) is 0 Å². The zero-order valence-corrected chi connectivity index (χ0v) is 25.1. The van der Waals surface area contributed by atoms with Crippen LogP contribution < -0.4 is 0 Å². The van der Waals surface area contributed by atoms with Gasteiger partial charge in [0, 0.05) is 36.0 Å². The van der Waals surface area contributed by atoms with E-state index in [2.05, 4.69) is 19.9 Å². The molecule has 1 heterocycles. The molecule has 0 radical (unpaired) electrons. The number of ether oxygens (including phenoxy) is 2. The van der Waals surface area contributed by atoms with Crippen LogP contribution >= 0.6 is 0 Å². The lowest BCUT2D eigenvalue weighted by atomic mass is 9.37. The number of fused-ring (bicyclic) bond motifs is 5. The van der Waals surface area contributed by atoms with Crippen molar-refractivity contribution in [1.29, 1.82) is 0 Å². The molecule has 0 bridgehead atoms. The molecule has 3 N–H and O–H groups in total. The van der Waals surface area contributed by atoms with E-state index in [0.29, 0.717) is 19.3 Å². The summed E-state index contributed by atoms with van der Waals surface area (Å²) in [6, 6.07) is 0. The molecular formula is C32H46O8. The van der Waals surface area contributed by atoms with Gasteiger partial charge in [0.15, 0.2) is 11.6 Å². The third-order valence-corrected chi connectivity index (χ3v) is 11.7. The Bertz CT molecular complexity index is 1180. The van der Waals surface area contributed by atoms with Gasteiger partial charge in [-0.2, -0.15) is 0 Å². The van der Waals surface area contributed by atoms with Gasteiger partial charge in [-0.05, 0) is 61.9 Å². The highest BCUT2D eigenvalue weighted by molar-refractivity contribution is 5.95. The first-order valence-corrected chi connectivity index (χ1v) is 14.7. The summed E-state index contributed by atoms with van der Waals surface area (Å²) in [4.78, 5) is 38.2. The molecule has 40 heavy (non-hydrogen) atoms. The van der Waals surface area contributed by atoms with Crippen molar-refractivity contribution in [3.05, 3.63) is 23.8 Å². The lowest BCUT2D eigenvalue weighted by Gasteiger charge is -2.67. The molecular weight excluding hydrogens is 512 g/mol. The van der Waals surface area contributed by atoms with Crippen LogP contribution in [0.2, 0.25) is 0 Å². The van der Waals surface area contributed by atoms with Crippen molar-refractivity contribution in [1.82, 2.24) is 0 Å². The largest absolute Gasteiger partial charge is 0.436 e. The fourth-order valence-electron chi connectivity index (χ4n) is 10.0. The topological polar surface area (TPSA) is 130 Å². The van der Waals surface area contributed by atoms with Gasteiger partial charge in [0.05, 0.1) is 17.8 Å². The number of carbonyl (C=O) groups is 3. The SMILES string of the molecule is CC(=O)O[C@H]1O[C@H](C(C)(C)O)C(=O)C[C@H]1[C@@H]1CC=C2[C@]3(C)[C@H](O)C[C@H]4C(C)(C)C(=O)C=C[C@]4(C)[C@H]3[C@H](O)C[C@]21C. The van der Waals surface area contributed by atoms with Crippen LogP contribution in [0.25, 0.3) is 0 Å². The van der Waals surface area contributed by atoms with Crippen LogP contribution in [0.5, 0.6) is 0 Å². The van der Waals surface area contributed by atoms with E-state index in [-0.39, 0.29) is 35.7 Å². The van der Waals surface area contributed by atoms with E-state index in [0.717, 1.165) is 5.57 Å². The Morgan fingerprint density at radius 2 is 1.77 bits per heavy atom. The molecule has 0 amide bonds. The van der Waals surface area contributed by atoms with Crippen molar-refractivity contribution >= 4 is 17.5 Å². The van der Waals surface area contributed by atoms with Crippen LogP contribution in [0.3, 0.4) is 0 Å². The molecule has 0 aromatic rings. The summed E-state index contributed by atoms with van der Waals surface area (Å²) in [5.74, 6) is -1.84. The molecule has 0 aromatic heterocycles. The summed E-state index contributed by atoms with van der Waals surface area (Å²) in [5, 5.41) is 34.4. The summed E-state index contributed by atoms with van der Waals surface area (Å²) < 4.78 is 11.6. The first-order chi connectivity index (χ1) is 18.3. The molecule has 1 aliphatic heterocycles. The number of esters is 1. The highest BCUT2D eigenvalue weighted by atomic mass is 16.7. The normalized spacial score (nSPS) is 48.1. The Balaban J connectivity index is 1.54. The summed E-state index contributed by atoms with van der Waals surface area (Å²) in [5.41, 5.74) is -2.89. The lowest BCUT2D eigenvalue weighted by molar-refractivity contribution is -0.250. The smallest absolute Gasteiger partial charge is 0.304 e. The van der Waals surface area contributed by atoms with Crippen molar-refractivity contribution in [2.75, 3.05) is 0 Å². The number of hydrogen-bond acceptors (Lipinski definition) is 8. The highest BCUT2D eigenvalue weighted by Crippen LogP contribution is 2.72. The molecule has 0 unspecified atom stereocenters. The Hall–Kier alpha value is -1.87. The second-order valence-corrected chi connectivity index (χ2v) is 15.0. The predicted molar refractivity (Wildman–Crippen MR) is 147 cm³/mol. The third-order valence-electron chi connectivity index (χ3n) is 11.7. The van der Waals surface area contributed by atoms with Crippen molar-refractivity contribution in [2.24, 2.45) is 45.3 Å². The summed E-state index contributed by atoms with van der Waals surface area (Å²) in [6.45, 7) is 14.4. The lowest BCUT2D eigenvalue weighted by Crippen LogP contribution is -2.67. The molecule has 0 aromatic carbocycles. The predicted octanol–water partition coefficient (Wildman–Crippen LogP) is 3.51. The number of hydrogen-bond donors (Lipinski definition) is 3. The number of carbonyl (C=O) groups excluding carboxylic acids is 3. The first kappa shape index (κ1) is 29.6. The number of Topliss-reactive ketones (excluding diaryl/α,β-unsaturated/α-hetero) is 1. The summed E-state index contributed by atoms with van der Waals surface area (Å²) >= 11 is 0. The number of rotatable bonds is 3. The van der Waals surface area contributed by atoms with Crippen LogP contribution in [-0.4, -0.2) is 63.1 Å². The van der Waals surface area contributed by atoms with Crippen LogP contribution in [0, 0.1) is 45.3 Å². The minimum absolute atomic E-state index is 0.0453. The van der Waals surface area contributed by atoms with Gasteiger partial charge < -0.3 is 24.8 Å². The molecule has 1 saturated heterocycles. The molecule has 2 saturated carbocycles. The molecule has 5 rings (SSSR count). The number of aliphatic hydroxyl groups excluding tert-OH is 2. The van der Waals surface area contributed by atoms with E-state index in [4.69, 9.17) is 9.47 Å². The van der Waals surface area contributed by atoms with Crippen LogP contribution in [0.15, 0.2) is 23.8 Å². The maximum absolute atomic E-state index is 13.2. The van der Waals surface area contributed by atoms with Gasteiger partial charge in [-0.1, -0.05) is 52.3 Å². The van der Waals surface area contributed by atoms with Gasteiger partial charge in [0.25, 0.3) is 0 Å². The summed E-state index contributed by atoms with van der Waals surface area (Å²) in [6.07, 6.45) is 3.61. The standard InChI is InChI=1S/C32H46O8/c1-16(33)39-27-17(13-19(34)26(40-27)29(4,5)38)18-9-10-21-31(18,7)15-20(35)25-30(6)12-11-23(36)28(2,3)22(30)14-24(37)32(21,25)8/h10-12,17-18,20,22,24-27,35,37-38H,9,13-15H2,1-8H3/t17-,18-,20+,22-,24+,25+,26-,27-,30-,31-,32+/m0/s1. The molecule has 4 aliphatic carbocycles. The van der Waals surface area contributed by atoms with E-state index in [9.17, 15) is 29.7 Å². The van der Waals surface area contributed by atoms with Crippen molar-refractivity contribution < 1.29 is 39.2 Å². The fraction of sp³-hybridized carbons (Fsp3) is 0.781. The van der Waals surface area contributed by atoms with Gasteiger partial charge in [-0.25, -0.2) is 0 Å². The molecule has 0 spiro atoms. The first-order valence-electron chi connectivity index (χ1n) is 14.7. The quantitative estimate of drug-likeness (QED) is 0.354. The minimum atomic E-state index is -1.44. The average molecular weight is 559 g/mol. The highest BCUT2D eigenvalue weighted by Gasteiger charge is 2.70. The van der Waals surface area contributed by atoms with Crippen molar-refractivity contribution in [3.8, 4) is 0 Å². The molecule has 222 valence electrons. The number of allylic oxidation sites excluding steroid dienone is 3. The second-order valence-electron chi connectivity index (χ2n) is 15.0. The zero-order valence-electron chi connectivity index (χ0n) is 25.1. The van der Waals surface area contributed by atoms with E-state index in [1.54, 1.807) is 6.08 Å². The van der Waals surface area contributed by atoms with E-state index < -0.39 is 63.8 Å². The van der Waals surface area contributed by atoms with Gasteiger partial charge in [-0.3, -0.25) is 14.4 Å². The Morgan fingerprint density at radius 3 is 2.38 bits per heavy atom. The summed E-state index contributed by atoms with van der Waals surface area (Å²) in [7, 11) is 0. The second kappa shape index (κ2) is 9.06. The molecule has 11 atom stereocenters. The van der Waals surface area contributed by atoms with Crippen LogP contribution in [-0.2, 0) is 23.9 Å². The van der Waals surface area contributed by atoms with E-state index >= 15 is 0 Å². The van der Waals surface area contributed by atoms with E-state index in [1.807, 2.05) is 26.8 Å². The van der Waals surface area contributed by atoms with Crippen LogP contribution in [0.4, 0.5) is 0 Å². The zero-order chi connectivity index (χ0) is 29.8. The number of aliphatic hydroxyl groups is 3. The molecule has 3 fully saturated rings. The fourth-order valence-corrected chi connectivity index (χ4v) is 10.0. The van der Waals surface area contributed by atoms with Gasteiger partial charge in [0.1, 0.15) is 6.10 Å². The van der Waals surface area contributed by atoms with Crippen LogP contribution in [0.1, 0.15) is 81.1 Å². The Kier molecular flexibility index (Phi) is 6.71. The molecule has 8 nitrogen and oxygen atoms in total. The van der Waals surface area contributed by atoms with E-state index in [1.165, 1.54) is 20.8 Å². The van der Waals surface area contributed by atoms with Gasteiger partial charge >= 0.3 is 5.97 Å². The minimum Gasteiger partial charge on any atom is -0.436 e. The van der Waals surface area contributed by atoms with Crippen molar-refractivity contribution in [2.45, 2.75) is 111 Å². The van der Waals surface area contributed by atoms with Gasteiger partial charge in [-0.15, -0.1) is 0 Å². The van der Waals surface area contributed by atoms with Gasteiger partial charge in [0.2, 0.25) is 6.29 Å². The molecule has 5 aliphatic rings. The monoisotopic (exact) mass is 558 g/mol. The maximum Gasteiger partial charge on any atom is 0.304 e. The Morgan fingerprint density at radius 1 is 1.12 bits per heavy atom. The average Bonchev–Trinajstić information content (AvgIpc) is 3.15. The number of ketones is 2. The Labute approximate surface area is 237 Å². The molecule has 8 heteroatoms. The third kappa shape index (κ3) is 3.96. The maximum atomic E-state index is 13.2.